The van der Waals surface area contributed by atoms with Gasteiger partial charge in [0.15, 0.2) is 6.10 Å². The van der Waals surface area contributed by atoms with E-state index in [0.717, 1.165) is 17.0 Å². The highest BCUT2D eigenvalue weighted by molar-refractivity contribution is 5.94. The minimum absolute atomic E-state index is 0.181. The molecule has 0 aromatic heterocycles. The van der Waals surface area contributed by atoms with Crippen LogP contribution in [0.2, 0.25) is 0 Å². The van der Waals surface area contributed by atoms with Gasteiger partial charge in [-0.2, -0.15) is 0 Å². The fraction of sp³-hybridized carbons (Fsp3) is 0.278. The van der Waals surface area contributed by atoms with Crippen molar-refractivity contribution in [3.8, 4) is 11.5 Å². The first-order valence-corrected chi connectivity index (χ1v) is 7.35. The van der Waals surface area contributed by atoms with Crippen LogP contribution in [0.4, 0.5) is 5.69 Å². The number of amides is 1. The molecule has 0 radical (unpaired) electrons. The van der Waals surface area contributed by atoms with Crippen LogP contribution in [0, 0.1) is 6.92 Å². The van der Waals surface area contributed by atoms with E-state index in [-0.39, 0.29) is 5.91 Å². The van der Waals surface area contributed by atoms with E-state index in [1.807, 2.05) is 50.2 Å². The molecule has 0 spiro atoms. The monoisotopic (exact) mass is 299 g/mol. The quantitative estimate of drug-likeness (QED) is 0.882. The normalized spacial score (nSPS) is 11.6. The molecule has 2 aromatic carbocycles. The lowest BCUT2D eigenvalue weighted by Gasteiger charge is -2.15. The van der Waals surface area contributed by atoms with E-state index < -0.39 is 6.10 Å². The van der Waals surface area contributed by atoms with Crippen LogP contribution < -0.4 is 14.8 Å². The first kappa shape index (κ1) is 15.9. The summed E-state index contributed by atoms with van der Waals surface area (Å²) < 4.78 is 11.0. The first-order chi connectivity index (χ1) is 10.6. The third kappa shape index (κ3) is 4.52. The molecule has 0 bridgehead atoms. The highest BCUT2D eigenvalue weighted by Crippen LogP contribution is 2.19. The van der Waals surface area contributed by atoms with Gasteiger partial charge in [0.2, 0.25) is 0 Å². The van der Waals surface area contributed by atoms with Gasteiger partial charge in [-0.1, -0.05) is 12.1 Å². The molecule has 4 nitrogen and oxygen atoms in total. The molecule has 1 unspecified atom stereocenters. The standard InChI is InChI=1S/C18H21NO3/c1-4-21-16-8-10-17(11-9-16)22-14(3)18(20)19-15-7-5-6-13(2)12-15/h5-12,14H,4H2,1-3H3,(H,19,20). The Labute approximate surface area is 131 Å². The van der Waals surface area contributed by atoms with Crippen molar-refractivity contribution in [3.63, 3.8) is 0 Å². The van der Waals surface area contributed by atoms with Gasteiger partial charge >= 0.3 is 0 Å². The van der Waals surface area contributed by atoms with Crippen molar-refractivity contribution in [3.05, 3.63) is 54.1 Å². The molecule has 0 aliphatic heterocycles. The largest absolute Gasteiger partial charge is 0.494 e. The third-order valence-electron chi connectivity index (χ3n) is 3.10. The number of carbonyl (C=O) groups excluding carboxylic acids is 1. The topological polar surface area (TPSA) is 47.6 Å². The maximum Gasteiger partial charge on any atom is 0.265 e. The molecule has 0 aliphatic rings. The average molecular weight is 299 g/mol. The van der Waals surface area contributed by atoms with Crippen LogP contribution in [0.1, 0.15) is 19.4 Å². The van der Waals surface area contributed by atoms with Gasteiger partial charge in [0.05, 0.1) is 6.61 Å². The Morgan fingerprint density at radius 2 is 1.82 bits per heavy atom. The van der Waals surface area contributed by atoms with Gasteiger partial charge in [0.25, 0.3) is 5.91 Å². The van der Waals surface area contributed by atoms with Crippen LogP contribution in [-0.4, -0.2) is 18.6 Å². The van der Waals surface area contributed by atoms with E-state index in [4.69, 9.17) is 9.47 Å². The molecule has 1 N–H and O–H groups in total. The Bertz CT molecular complexity index is 622. The van der Waals surface area contributed by atoms with E-state index >= 15 is 0 Å². The minimum Gasteiger partial charge on any atom is -0.494 e. The molecule has 2 aromatic rings. The molecular formula is C18H21NO3. The van der Waals surface area contributed by atoms with Crippen molar-refractivity contribution in [2.24, 2.45) is 0 Å². The second-order valence-electron chi connectivity index (χ2n) is 5.02. The Hall–Kier alpha value is -2.49. The van der Waals surface area contributed by atoms with Gasteiger partial charge < -0.3 is 14.8 Å². The third-order valence-corrected chi connectivity index (χ3v) is 3.10. The van der Waals surface area contributed by atoms with E-state index in [1.165, 1.54) is 0 Å². The van der Waals surface area contributed by atoms with Gasteiger partial charge in [-0.15, -0.1) is 0 Å². The maximum atomic E-state index is 12.1. The van der Waals surface area contributed by atoms with Crippen LogP contribution in [0.15, 0.2) is 48.5 Å². The van der Waals surface area contributed by atoms with Crippen LogP contribution in [0.25, 0.3) is 0 Å². The SMILES string of the molecule is CCOc1ccc(OC(C)C(=O)Nc2cccc(C)c2)cc1. The average Bonchev–Trinajstić information content (AvgIpc) is 2.49. The van der Waals surface area contributed by atoms with Gasteiger partial charge in [-0.05, 0) is 62.7 Å². The van der Waals surface area contributed by atoms with Gasteiger partial charge in [0, 0.05) is 5.69 Å². The summed E-state index contributed by atoms with van der Waals surface area (Å²) in [6.07, 6.45) is -0.585. The molecule has 22 heavy (non-hydrogen) atoms. The fourth-order valence-electron chi connectivity index (χ4n) is 2.01. The van der Waals surface area contributed by atoms with Crippen molar-refractivity contribution in [2.45, 2.75) is 26.9 Å². The summed E-state index contributed by atoms with van der Waals surface area (Å²) in [5, 5.41) is 2.85. The second kappa shape index (κ2) is 7.50. The number of aryl methyl sites for hydroxylation is 1. The van der Waals surface area contributed by atoms with Crippen molar-refractivity contribution in [1.29, 1.82) is 0 Å². The number of ether oxygens (including phenoxy) is 2. The first-order valence-electron chi connectivity index (χ1n) is 7.35. The zero-order valence-corrected chi connectivity index (χ0v) is 13.1. The molecule has 116 valence electrons. The van der Waals surface area contributed by atoms with E-state index in [2.05, 4.69) is 5.32 Å². The van der Waals surface area contributed by atoms with Crippen LogP contribution in [-0.2, 0) is 4.79 Å². The van der Waals surface area contributed by atoms with Crippen molar-refractivity contribution < 1.29 is 14.3 Å². The lowest BCUT2D eigenvalue weighted by atomic mass is 10.2. The molecule has 0 fully saturated rings. The summed E-state index contributed by atoms with van der Waals surface area (Å²) in [6, 6.07) is 14.9. The van der Waals surface area contributed by atoms with Gasteiger partial charge in [-0.3, -0.25) is 4.79 Å². The highest BCUT2D eigenvalue weighted by atomic mass is 16.5. The van der Waals surface area contributed by atoms with Gasteiger partial charge in [-0.25, -0.2) is 0 Å². The Morgan fingerprint density at radius 1 is 1.14 bits per heavy atom. The predicted molar refractivity (Wildman–Crippen MR) is 87.5 cm³/mol. The number of rotatable bonds is 6. The number of benzene rings is 2. The highest BCUT2D eigenvalue weighted by Gasteiger charge is 2.14. The molecule has 2 rings (SSSR count). The summed E-state index contributed by atoms with van der Waals surface area (Å²) in [5.74, 6) is 1.24. The maximum absolute atomic E-state index is 12.1. The lowest BCUT2D eigenvalue weighted by molar-refractivity contribution is -0.122. The van der Waals surface area contributed by atoms with E-state index in [9.17, 15) is 4.79 Å². The van der Waals surface area contributed by atoms with Gasteiger partial charge in [0.1, 0.15) is 11.5 Å². The summed E-state index contributed by atoms with van der Waals surface area (Å²) in [4.78, 5) is 12.1. The zero-order valence-electron chi connectivity index (χ0n) is 13.1. The molecule has 0 aliphatic carbocycles. The van der Waals surface area contributed by atoms with Crippen LogP contribution in [0.3, 0.4) is 0 Å². The minimum atomic E-state index is -0.585. The Balaban J connectivity index is 1.93. The van der Waals surface area contributed by atoms with Crippen LogP contribution >= 0.6 is 0 Å². The van der Waals surface area contributed by atoms with Crippen LogP contribution in [0.5, 0.6) is 11.5 Å². The lowest BCUT2D eigenvalue weighted by Crippen LogP contribution is -2.30. The summed E-state index contributed by atoms with van der Waals surface area (Å²) in [5.41, 5.74) is 1.87. The molecule has 1 amide bonds. The predicted octanol–water partition coefficient (Wildman–Crippen LogP) is 3.80. The Morgan fingerprint density at radius 3 is 2.45 bits per heavy atom. The van der Waals surface area contributed by atoms with E-state index in [0.29, 0.717) is 12.4 Å². The molecule has 0 heterocycles. The van der Waals surface area contributed by atoms with Crippen molar-refractivity contribution in [1.82, 2.24) is 0 Å². The summed E-state index contributed by atoms with van der Waals surface area (Å²) in [6.45, 7) is 6.26. The summed E-state index contributed by atoms with van der Waals surface area (Å²) >= 11 is 0. The number of nitrogens with one attached hydrogen (secondary N) is 1. The van der Waals surface area contributed by atoms with Crippen molar-refractivity contribution in [2.75, 3.05) is 11.9 Å². The Kier molecular flexibility index (Phi) is 5.42. The molecule has 1 atom stereocenters. The molecular weight excluding hydrogens is 278 g/mol. The molecule has 0 saturated carbocycles. The zero-order chi connectivity index (χ0) is 15.9. The summed E-state index contributed by atoms with van der Waals surface area (Å²) in [7, 11) is 0. The molecule has 0 saturated heterocycles. The number of hydrogen-bond acceptors (Lipinski definition) is 3. The van der Waals surface area contributed by atoms with Crippen molar-refractivity contribution >= 4 is 11.6 Å². The fourth-order valence-corrected chi connectivity index (χ4v) is 2.01. The second-order valence-corrected chi connectivity index (χ2v) is 5.02. The van der Waals surface area contributed by atoms with E-state index in [1.54, 1.807) is 19.1 Å². The number of hydrogen-bond donors (Lipinski definition) is 1. The number of carbonyl (C=O) groups is 1. The molecule has 4 heteroatoms. The number of anilines is 1. The smallest absolute Gasteiger partial charge is 0.265 e.